The lowest BCUT2D eigenvalue weighted by atomic mass is 9.97. The fraction of sp³-hybridized carbons (Fsp3) is 0.600. The number of nitrogens with zero attached hydrogens (tertiary/aromatic N) is 1. The summed E-state index contributed by atoms with van der Waals surface area (Å²) in [5.41, 5.74) is 1.48. The highest BCUT2D eigenvalue weighted by molar-refractivity contribution is 5.19. The van der Waals surface area contributed by atoms with Crippen LogP contribution in [0.15, 0.2) is 30.3 Å². The van der Waals surface area contributed by atoms with E-state index in [1.807, 2.05) is 0 Å². The van der Waals surface area contributed by atoms with E-state index in [2.05, 4.69) is 54.4 Å². The molecule has 0 saturated carbocycles. The molecule has 94 valence electrons. The molecule has 0 radical (unpaired) electrons. The summed E-state index contributed by atoms with van der Waals surface area (Å²) in [6, 6.07) is 12.3. The molecular weight excluding hydrogens is 208 g/mol. The van der Waals surface area contributed by atoms with Crippen LogP contribution in [-0.2, 0) is 0 Å². The minimum atomic E-state index is 0.596. The van der Waals surface area contributed by atoms with E-state index in [0.29, 0.717) is 6.04 Å². The van der Waals surface area contributed by atoms with Gasteiger partial charge in [0.1, 0.15) is 0 Å². The molecule has 1 unspecified atom stereocenters. The normalized spacial score (nSPS) is 18.1. The minimum Gasteiger partial charge on any atom is -0.314 e. The number of likely N-dealkylation sites (N-methyl/N-ethyl adjacent to an activating group) is 1. The van der Waals surface area contributed by atoms with Crippen LogP contribution in [0.1, 0.15) is 38.3 Å². The van der Waals surface area contributed by atoms with Gasteiger partial charge in [-0.2, -0.15) is 0 Å². The van der Waals surface area contributed by atoms with Crippen molar-refractivity contribution in [3.8, 4) is 0 Å². The third kappa shape index (κ3) is 2.88. The monoisotopic (exact) mass is 232 g/mol. The maximum absolute atomic E-state index is 3.38. The molecule has 1 aromatic rings. The maximum Gasteiger partial charge on any atom is 0.0351 e. The molecule has 0 aliphatic carbocycles. The van der Waals surface area contributed by atoms with Crippen LogP contribution in [0.5, 0.6) is 0 Å². The lowest BCUT2D eigenvalue weighted by Gasteiger charge is -2.42. The standard InChI is InChI=1S/C15H24N2/c1-3-8-15(13-9-6-5-7-10-13)17(4-2)14-11-16-12-14/h5-7,9-10,14-16H,3-4,8,11-12H2,1-2H3. The van der Waals surface area contributed by atoms with Crippen LogP contribution in [0.25, 0.3) is 0 Å². The first-order valence-electron chi connectivity index (χ1n) is 6.88. The van der Waals surface area contributed by atoms with E-state index in [1.54, 1.807) is 0 Å². The van der Waals surface area contributed by atoms with Crippen molar-refractivity contribution in [1.82, 2.24) is 10.2 Å². The van der Waals surface area contributed by atoms with E-state index in [0.717, 1.165) is 25.7 Å². The second-order valence-corrected chi connectivity index (χ2v) is 4.86. The molecule has 1 saturated heterocycles. The zero-order valence-electron chi connectivity index (χ0n) is 11.0. The fourth-order valence-corrected chi connectivity index (χ4v) is 2.71. The first kappa shape index (κ1) is 12.6. The Kier molecular flexibility index (Phi) is 4.57. The third-order valence-corrected chi connectivity index (χ3v) is 3.74. The van der Waals surface area contributed by atoms with Crippen LogP contribution in [-0.4, -0.2) is 30.6 Å². The van der Waals surface area contributed by atoms with Crippen LogP contribution in [0.3, 0.4) is 0 Å². The molecule has 1 aliphatic heterocycles. The van der Waals surface area contributed by atoms with Crippen molar-refractivity contribution in [3.63, 3.8) is 0 Å². The molecular formula is C15H24N2. The highest BCUT2D eigenvalue weighted by Gasteiger charge is 2.29. The van der Waals surface area contributed by atoms with Gasteiger partial charge in [0.2, 0.25) is 0 Å². The topological polar surface area (TPSA) is 15.3 Å². The van der Waals surface area contributed by atoms with Gasteiger partial charge in [-0.1, -0.05) is 50.6 Å². The van der Waals surface area contributed by atoms with E-state index in [1.165, 1.54) is 18.4 Å². The van der Waals surface area contributed by atoms with Gasteiger partial charge in [0, 0.05) is 25.2 Å². The van der Waals surface area contributed by atoms with Gasteiger partial charge in [0.05, 0.1) is 0 Å². The molecule has 2 nitrogen and oxygen atoms in total. The van der Waals surface area contributed by atoms with E-state index >= 15 is 0 Å². The first-order chi connectivity index (χ1) is 8.36. The summed E-state index contributed by atoms with van der Waals surface area (Å²) in [5, 5.41) is 3.38. The maximum atomic E-state index is 3.38. The predicted octanol–water partition coefficient (Wildman–Crippen LogP) is 2.82. The molecule has 0 spiro atoms. The smallest absolute Gasteiger partial charge is 0.0351 e. The molecule has 1 heterocycles. The summed E-state index contributed by atoms with van der Waals surface area (Å²) in [6.45, 7) is 8.01. The van der Waals surface area contributed by atoms with E-state index in [9.17, 15) is 0 Å². The van der Waals surface area contributed by atoms with Crippen molar-refractivity contribution < 1.29 is 0 Å². The van der Waals surface area contributed by atoms with Gasteiger partial charge in [0.15, 0.2) is 0 Å². The summed E-state index contributed by atoms with van der Waals surface area (Å²) < 4.78 is 0. The van der Waals surface area contributed by atoms with E-state index < -0.39 is 0 Å². The summed E-state index contributed by atoms with van der Waals surface area (Å²) in [6.07, 6.45) is 2.50. The zero-order valence-corrected chi connectivity index (χ0v) is 11.0. The van der Waals surface area contributed by atoms with Gasteiger partial charge in [-0.25, -0.2) is 0 Å². The molecule has 1 fully saturated rings. The molecule has 2 heteroatoms. The van der Waals surface area contributed by atoms with Crippen LogP contribution in [0.2, 0.25) is 0 Å². The van der Waals surface area contributed by atoms with Crippen LogP contribution < -0.4 is 5.32 Å². The predicted molar refractivity (Wildman–Crippen MR) is 73.1 cm³/mol. The number of rotatable bonds is 6. The Balaban J connectivity index is 2.14. The Hall–Kier alpha value is -0.860. The van der Waals surface area contributed by atoms with Crippen molar-refractivity contribution in [2.75, 3.05) is 19.6 Å². The van der Waals surface area contributed by atoms with Gasteiger partial charge in [-0.3, -0.25) is 4.90 Å². The lowest BCUT2D eigenvalue weighted by molar-refractivity contribution is 0.0950. The average molecular weight is 232 g/mol. The second kappa shape index (κ2) is 6.18. The molecule has 0 amide bonds. The minimum absolute atomic E-state index is 0.596. The molecule has 1 aromatic carbocycles. The summed E-state index contributed by atoms with van der Waals surface area (Å²) in [7, 11) is 0. The molecule has 2 rings (SSSR count). The van der Waals surface area contributed by atoms with Gasteiger partial charge in [-0.05, 0) is 18.5 Å². The van der Waals surface area contributed by atoms with Crippen molar-refractivity contribution in [2.45, 2.75) is 38.8 Å². The average Bonchev–Trinajstić information content (AvgIpc) is 2.32. The molecule has 0 bridgehead atoms. The Morgan fingerprint density at radius 2 is 1.94 bits per heavy atom. The molecule has 1 N–H and O–H groups in total. The number of hydrogen-bond donors (Lipinski definition) is 1. The molecule has 1 atom stereocenters. The first-order valence-corrected chi connectivity index (χ1v) is 6.88. The largest absolute Gasteiger partial charge is 0.314 e. The lowest BCUT2D eigenvalue weighted by Crippen LogP contribution is -2.57. The summed E-state index contributed by atoms with van der Waals surface area (Å²) in [5.74, 6) is 0. The Bertz CT molecular complexity index is 319. The highest BCUT2D eigenvalue weighted by Crippen LogP contribution is 2.28. The van der Waals surface area contributed by atoms with Crippen molar-refractivity contribution in [2.24, 2.45) is 0 Å². The van der Waals surface area contributed by atoms with Crippen molar-refractivity contribution in [3.05, 3.63) is 35.9 Å². The van der Waals surface area contributed by atoms with Crippen LogP contribution in [0.4, 0.5) is 0 Å². The van der Waals surface area contributed by atoms with Gasteiger partial charge in [0.25, 0.3) is 0 Å². The second-order valence-electron chi connectivity index (χ2n) is 4.86. The molecule has 1 aliphatic rings. The van der Waals surface area contributed by atoms with E-state index in [-0.39, 0.29) is 0 Å². The van der Waals surface area contributed by atoms with Gasteiger partial charge >= 0.3 is 0 Å². The fourth-order valence-electron chi connectivity index (χ4n) is 2.71. The van der Waals surface area contributed by atoms with E-state index in [4.69, 9.17) is 0 Å². The van der Waals surface area contributed by atoms with Crippen molar-refractivity contribution >= 4 is 0 Å². The Morgan fingerprint density at radius 3 is 2.41 bits per heavy atom. The summed E-state index contributed by atoms with van der Waals surface area (Å²) >= 11 is 0. The van der Waals surface area contributed by atoms with Crippen molar-refractivity contribution in [1.29, 1.82) is 0 Å². The van der Waals surface area contributed by atoms with Gasteiger partial charge in [-0.15, -0.1) is 0 Å². The highest BCUT2D eigenvalue weighted by atomic mass is 15.2. The Morgan fingerprint density at radius 1 is 1.24 bits per heavy atom. The SMILES string of the molecule is CCCC(c1ccccc1)N(CC)C1CNC1. The molecule has 0 aromatic heterocycles. The summed E-state index contributed by atoms with van der Waals surface area (Å²) in [4.78, 5) is 2.66. The van der Waals surface area contributed by atoms with Crippen LogP contribution in [0, 0.1) is 0 Å². The number of nitrogens with one attached hydrogen (secondary N) is 1. The quantitative estimate of drug-likeness (QED) is 0.811. The number of hydrogen-bond acceptors (Lipinski definition) is 2. The number of benzene rings is 1. The third-order valence-electron chi connectivity index (χ3n) is 3.74. The molecule has 17 heavy (non-hydrogen) atoms. The Labute approximate surface area is 105 Å². The van der Waals surface area contributed by atoms with Crippen LogP contribution >= 0.6 is 0 Å². The zero-order chi connectivity index (χ0) is 12.1. The van der Waals surface area contributed by atoms with Gasteiger partial charge < -0.3 is 5.32 Å².